The van der Waals surface area contributed by atoms with Crippen LogP contribution in [-0.4, -0.2) is 19.0 Å². The van der Waals surface area contributed by atoms with Crippen molar-refractivity contribution in [1.82, 2.24) is 5.32 Å². The molecule has 0 bridgehead atoms. The number of methoxy groups -OCH3 is 1. The first-order chi connectivity index (χ1) is 10.6. The molecule has 0 fully saturated rings. The van der Waals surface area contributed by atoms with Gasteiger partial charge in [0.15, 0.2) is 0 Å². The molecule has 1 aromatic heterocycles. The topological polar surface area (TPSA) is 55.4 Å². The van der Waals surface area contributed by atoms with Gasteiger partial charge in [0.1, 0.15) is 5.82 Å². The molecule has 22 heavy (non-hydrogen) atoms. The number of halogens is 1. The lowest BCUT2D eigenvalue weighted by atomic mass is 10.1. The Labute approximate surface area is 131 Å². The summed E-state index contributed by atoms with van der Waals surface area (Å²) < 4.78 is 17.8. The van der Waals surface area contributed by atoms with E-state index in [0.29, 0.717) is 5.56 Å². The van der Waals surface area contributed by atoms with Crippen LogP contribution in [0.25, 0.3) is 0 Å². The molecule has 0 aliphatic carbocycles. The van der Waals surface area contributed by atoms with Crippen molar-refractivity contribution in [2.24, 2.45) is 0 Å². The van der Waals surface area contributed by atoms with E-state index in [-0.39, 0.29) is 24.6 Å². The molecule has 2 rings (SSSR count). The molecule has 0 saturated heterocycles. The highest BCUT2D eigenvalue weighted by Gasteiger charge is 2.20. The predicted molar refractivity (Wildman–Crippen MR) is 81.9 cm³/mol. The number of esters is 1. The second-order valence-corrected chi connectivity index (χ2v) is 5.70. The lowest BCUT2D eigenvalue weighted by Gasteiger charge is -2.16. The van der Waals surface area contributed by atoms with Crippen molar-refractivity contribution in [3.05, 3.63) is 58.0 Å². The minimum Gasteiger partial charge on any atom is -0.469 e. The average Bonchev–Trinajstić information content (AvgIpc) is 3.00. The highest BCUT2D eigenvalue weighted by molar-refractivity contribution is 7.10. The van der Waals surface area contributed by atoms with Crippen molar-refractivity contribution in [3.8, 4) is 0 Å². The fraction of sp³-hybridized carbons (Fsp3) is 0.250. The molecule has 1 heterocycles. The summed E-state index contributed by atoms with van der Waals surface area (Å²) >= 11 is 1.45. The monoisotopic (exact) mass is 321 g/mol. The van der Waals surface area contributed by atoms with Gasteiger partial charge in [-0.05, 0) is 29.1 Å². The van der Waals surface area contributed by atoms with Crippen LogP contribution < -0.4 is 5.32 Å². The Morgan fingerprint density at radius 1 is 1.32 bits per heavy atom. The smallest absolute Gasteiger partial charge is 0.307 e. The molecule has 4 nitrogen and oxygen atoms in total. The van der Waals surface area contributed by atoms with E-state index in [1.807, 2.05) is 17.5 Å². The molecule has 1 amide bonds. The minimum atomic E-state index is -0.437. The molecule has 1 unspecified atom stereocenters. The number of hydrogen-bond acceptors (Lipinski definition) is 4. The zero-order valence-electron chi connectivity index (χ0n) is 12.0. The predicted octanol–water partition coefficient (Wildman–Crippen LogP) is 2.85. The van der Waals surface area contributed by atoms with Gasteiger partial charge in [-0.15, -0.1) is 11.3 Å². The molecule has 1 N–H and O–H groups in total. The number of benzene rings is 1. The third-order valence-corrected chi connectivity index (χ3v) is 4.06. The third kappa shape index (κ3) is 4.66. The van der Waals surface area contributed by atoms with Gasteiger partial charge in [-0.1, -0.05) is 18.2 Å². The number of carbonyl (C=O) groups excluding carboxylic acids is 2. The fourth-order valence-electron chi connectivity index (χ4n) is 2.04. The van der Waals surface area contributed by atoms with Crippen LogP contribution in [0.4, 0.5) is 4.39 Å². The van der Waals surface area contributed by atoms with Gasteiger partial charge in [0.2, 0.25) is 5.91 Å². The van der Waals surface area contributed by atoms with Crippen LogP contribution in [0.5, 0.6) is 0 Å². The van der Waals surface area contributed by atoms with Gasteiger partial charge < -0.3 is 10.1 Å². The van der Waals surface area contributed by atoms with Crippen LogP contribution in [0.15, 0.2) is 41.8 Å². The summed E-state index contributed by atoms with van der Waals surface area (Å²) in [4.78, 5) is 24.5. The average molecular weight is 321 g/mol. The Morgan fingerprint density at radius 2 is 2.14 bits per heavy atom. The van der Waals surface area contributed by atoms with Crippen molar-refractivity contribution in [3.63, 3.8) is 0 Å². The van der Waals surface area contributed by atoms with Crippen molar-refractivity contribution < 1.29 is 18.7 Å². The summed E-state index contributed by atoms with van der Waals surface area (Å²) in [7, 11) is 1.31. The Balaban J connectivity index is 2.03. The summed E-state index contributed by atoms with van der Waals surface area (Å²) in [5, 5.41) is 4.67. The minimum absolute atomic E-state index is 0.0564. The van der Waals surface area contributed by atoms with E-state index < -0.39 is 12.0 Å². The second-order valence-electron chi connectivity index (χ2n) is 4.72. The first kappa shape index (κ1) is 16.2. The second kappa shape index (κ2) is 7.70. The Hall–Kier alpha value is -2.21. The number of amides is 1. The first-order valence-electron chi connectivity index (χ1n) is 6.72. The molecule has 0 spiro atoms. The first-order valence-corrected chi connectivity index (χ1v) is 7.60. The molecular weight excluding hydrogens is 305 g/mol. The summed E-state index contributed by atoms with van der Waals surface area (Å²) in [5.74, 6) is -1.05. The zero-order chi connectivity index (χ0) is 15.9. The number of ether oxygens (including phenoxy) is 1. The zero-order valence-corrected chi connectivity index (χ0v) is 12.9. The highest BCUT2D eigenvalue weighted by Crippen LogP contribution is 2.22. The number of rotatable bonds is 6. The normalized spacial score (nSPS) is 11.7. The van der Waals surface area contributed by atoms with Gasteiger partial charge in [-0.25, -0.2) is 4.39 Å². The maximum atomic E-state index is 13.1. The molecule has 0 aliphatic rings. The number of thiophene rings is 1. The van der Waals surface area contributed by atoms with Gasteiger partial charge >= 0.3 is 5.97 Å². The molecule has 0 radical (unpaired) electrons. The molecule has 2 aromatic rings. The summed E-state index contributed by atoms with van der Waals surface area (Å²) in [6.07, 6.45) is 0.118. The molecule has 1 atom stereocenters. The highest BCUT2D eigenvalue weighted by atomic mass is 32.1. The SMILES string of the molecule is COC(=O)CC(NC(=O)Cc1cccc(F)c1)c1cccs1. The van der Waals surface area contributed by atoms with E-state index in [1.165, 1.54) is 30.6 Å². The van der Waals surface area contributed by atoms with Gasteiger partial charge in [-0.3, -0.25) is 9.59 Å². The lowest BCUT2D eigenvalue weighted by Crippen LogP contribution is -2.31. The van der Waals surface area contributed by atoms with Gasteiger partial charge in [0, 0.05) is 4.88 Å². The van der Waals surface area contributed by atoms with E-state index in [2.05, 4.69) is 10.1 Å². The quantitative estimate of drug-likeness (QED) is 0.832. The van der Waals surface area contributed by atoms with Crippen LogP contribution in [0.1, 0.15) is 22.9 Å². The van der Waals surface area contributed by atoms with E-state index in [0.717, 1.165) is 4.88 Å². The molecular formula is C16H16FNO3S. The third-order valence-electron chi connectivity index (χ3n) is 3.07. The Bertz CT molecular complexity index is 643. The largest absolute Gasteiger partial charge is 0.469 e. The molecule has 0 aliphatic heterocycles. The lowest BCUT2D eigenvalue weighted by molar-refractivity contribution is -0.141. The van der Waals surface area contributed by atoms with Crippen molar-refractivity contribution in [1.29, 1.82) is 0 Å². The van der Waals surface area contributed by atoms with Crippen molar-refractivity contribution in [2.75, 3.05) is 7.11 Å². The molecule has 6 heteroatoms. The summed E-state index contributed by atoms with van der Waals surface area (Å²) in [6.45, 7) is 0. The van der Waals surface area contributed by atoms with E-state index in [1.54, 1.807) is 12.1 Å². The summed E-state index contributed by atoms with van der Waals surface area (Å²) in [5.41, 5.74) is 0.584. The standard InChI is InChI=1S/C16H16FNO3S/c1-21-16(20)10-13(14-6-3-7-22-14)18-15(19)9-11-4-2-5-12(17)8-11/h2-8,13H,9-10H2,1H3,(H,18,19). The van der Waals surface area contributed by atoms with E-state index in [4.69, 9.17) is 0 Å². The van der Waals surface area contributed by atoms with Crippen molar-refractivity contribution >= 4 is 23.2 Å². The van der Waals surface area contributed by atoms with Gasteiger partial charge in [0.25, 0.3) is 0 Å². The summed E-state index contributed by atoms with van der Waals surface area (Å²) in [6, 6.07) is 9.15. The van der Waals surface area contributed by atoms with Crippen LogP contribution in [0.3, 0.4) is 0 Å². The maximum Gasteiger partial charge on any atom is 0.307 e. The number of carbonyl (C=O) groups is 2. The molecule has 1 aromatic carbocycles. The van der Waals surface area contributed by atoms with Crippen LogP contribution >= 0.6 is 11.3 Å². The molecule has 0 saturated carbocycles. The van der Waals surface area contributed by atoms with Gasteiger partial charge in [-0.2, -0.15) is 0 Å². The Morgan fingerprint density at radius 3 is 2.77 bits per heavy atom. The van der Waals surface area contributed by atoms with E-state index >= 15 is 0 Å². The Kier molecular flexibility index (Phi) is 5.66. The van der Waals surface area contributed by atoms with Crippen LogP contribution in [0.2, 0.25) is 0 Å². The number of hydrogen-bond donors (Lipinski definition) is 1. The number of nitrogens with one attached hydrogen (secondary N) is 1. The van der Waals surface area contributed by atoms with E-state index in [9.17, 15) is 14.0 Å². The van der Waals surface area contributed by atoms with Crippen molar-refractivity contribution in [2.45, 2.75) is 18.9 Å². The van der Waals surface area contributed by atoms with Crippen LogP contribution in [-0.2, 0) is 20.7 Å². The maximum absolute atomic E-state index is 13.1. The molecule has 116 valence electrons. The van der Waals surface area contributed by atoms with Crippen LogP contribution in [0, 0.1) is 5.82 Å². The fourth-order valence-corrected chi connectivity index (χ4v) is 2.82. The van der Waals surface area contributed by atoms with Gasteiger partial charge in [0.05, 0.1) is 26.0 Å².